The third-order valence-corrected chi connectivity index (χ3v) is 3.60. The molecule has 0 aliphatic heterocycles. The zero-order chi connectivity index (χ0) is 16.7. The minimum absolute atomic E-state index is 0.0758. The molecule has 0 unspecified atom stereocenters. The molecule has 0 saturated heterocycles. The molecule has 0 aliphatic rings. The van der Waals surface area contributed by atoms with E-state index in [1.807, 2.05) is 0 Å². The van der Waals surface area contributed by atoms with E-state index < -0.39 is 5.97 Å². The molecule has 0 saturated carbocycles. The third-order valence-electron chi connectivity index (χ3n) is 2.85. The number of aromatic nitrogens is 1. The smallest absolute Gasteiger partial charge is 0.355 e. The SMILES string of the molecule is COc1ccc(OCCCC(=O)Nc2nc(C(=O)O)cs2)cc1. The number of benzene rings is 1. The topological polar surface area (TPSA) is 97.8 Å². The number of nitrogens with zero attached hydrogens (tertiary/aromatic N) is 1. The van der Waals surface area contributed by atoms with Crippen molar-refractivity contribution in [1.82, 2.24) is 4.98 Å². The lowest BCUT2D eigenvalue weighted by Gasteiger charge is -2.07. The van der Waals surface area contributed by atoms with Gasteiger partial charge < -0.3 is 19.9 Å². The first-order valence-electron chi connectivity index (χ1n) is 6.84. The van der Waals surface area contributed by atoms with Crippen LogP contribution in [0.3, 0.4) is 0 Å². The largest absolute Gasteiger partial charge is 0.497 e. The number of amides is 1. The van der Waals surface area contributed by atoms with Gasteiger partial charge in [-0.05, 0) is 30.7 Å². The second kappa shape index (κ2) is 8.14. The average molecular weight is 336 g/mol. The Hall–Kier alpha value is -2.61. The van der Waals surface area contributed by atoms with Crippen molar-refractivity contribution in [2.45, 2.75) is 12.8 Å². The summed E-state index contributed by atoms with van der Waals surface area (Å²) in [5.74, 6) is 0.113. The molecule has 2 aromatic rings. The molecule has 1 aromatic carbocycles. The second-order valence-corrected chi connectivity index (χ2v) is 5.38. The van der Waals surface area contributed by atoms with Crippen molar-refractivity contribution in [2.75, 3.05) is 19.0 Å². The molecule has 7 nitrogen and oxygen atoms in total. The normalized spacial score (nSPS) is 10.1. The summed E-state index contributed by atoms with van der Waals surface area (Å²) in [7, 11) is 1.59. The fourth-order valence-electron chi connectivity index (χ4n) is 1.71. The predicted molar refractivity (Wildman–Crippen MR) is 85.4 cm³/mol. The van der Waals surface area contributed by atoms with E-state index in [0.717, 1.165) is 17.1 Å². The summed E-state index contributed by atoms with van der Waals surface area (Å²) < 4.78 is 10.6. The number of nitrogens with one attached hydrogen (secondary N) is 1. The fourth-order valence-corrected chi connectivity index (χ4v) is 2.41. The van der Waals surface area contributed by atoms with Crippen molar-refractivity contribution in [3.63, 3.8) is 0 Å². The lowest BCUT2D eigenvalue weighted by Crippen LogP contribution is -2.13. The van der Waals surface area contributed by atoms with Gasteiger partial charge in [-0.1, -0.05) is 0 Å². The van der Waals surface area contributed by atoms with Crippen LogP contribution < -0.4 is 14.8 Å². The molecular formula is C15H16N2O5S. The van der Waals surface area contributed by atoms with E-state index in [4.69, 9.17) is 14.6 Å². The number of hydrogen-bond acceptors (Lipinski definition) is 6. The Bertz CT molecular complexity index is 669. The molecule has 0 atom stereocenters. The van der Waals surface area contributed by atoms with Crippen LogP contribution in [0.5, 0.6) is 11.5 Å². The van der Waals surface area contributed by atoms with E-state index in [1.54, 1.807) is 31.4 Å². The Morgan fingerprint density at radius 1 is 1.26 bits per heavy atom. The van der Waals surface area contributed by atoms with Gasteiger partial charge in [0.2, 0.25) is 5.91 Å². The van der Waals surface area contributed by atoms with Gasteiger partial charge in [0.25, 0.3) is 0 Å². The van der Waals surface area contributed by atoms with Gasteiger partial charge in [-0.15, -0.1) is 11.3 Å². The first-order chi connectivity index (χ1) is 11.1. The van der Waals surface area contributed by atoms with Crippen molar-refractivity contribution in [1.29, 1.82) is 0 Å². The summed E-state index contributed by atoms with van der Waals surface area (Å²) in [6.07, 6.45) is 0.799. The fraction of sp³-hybridized carbons (Fsp3) is 0.267. The average Bonchev–Trinajstić information content (AvgIpc) is 3.01. The summed E-state index contributed by atoms with van der Waals surface area (Å²) in [5.41, 5.74) is -0.0758. The molecule has 23 heavy (non-hydrogen) atoms. The maximum Gasteiger partial charge on any atom is 0.355 e. The molecule has 0 spiro atoms. The van der Waals surface area contributed by atoms with Crippen LogP contribution >= 0.6 is 11.3 Å². The number of aromatic carboxylic acids is 1. The molecule has 0 bridgehead atoms. The molecule has 1 aromatic heterocycles. The molecule has 8 heteroatoms. The van der Waals surface area contributed by atoms with Crippen molar-refractivity contribution in [3.05, 3.63) is 35.3 Å². The van der Waals surface area contributed by atoms with E-state index in [-0.39, 0.29) is 23.2 Å². The zero-order valence-corrected chi connectivity index (χ0v) is 13.3. The maximum atomic E-state index is 11.7. The number of anilines is 1. The Labute approximate surface area is 136 Å². The molecule has 122 valence electrons. The Kier molecular flexibility index (Phi) is 5.93. The quantitative estimate of drug-likeness (QED) is 0.719. The summed E-state index contributed by atoms with van der Waals surface area (Å²) >= 11 is 1.08. The van der Waals surface area contributed by atoms with Crippen LogP contribution in [0.15, 0.2) is 29.6 Å². The number of carboxylic acids is 1. The van der Waals surface area contributed by atoms with Crippen molar-refractivity contribution in [3.8, 4) is 11.5 Å². The lowest BCUT2D eigenvalue weighted by molar-refractivity contribution is -0.116. The number of carbonyl (C=O) groups excluding carboxylic acids is 1. The van der Waals surface area contributed by atoms with E-state index in [0.29, 0.717) is 18.8 Å². The third kappa shape index (κ3) is 5.26. The molecule has 2 N–H and O–H groups in total. The summed E-state index contributed by atoms with van der Waals surface area (Å²) in [6.45, 7) is 0.401. The van der Waals surface area contributed by atoms with Crippen LogP contribution in [-0.4, -0.2) is 35.7 Å². The van der Waals surface area contributed by atoms with Gasteiger partial charge in [-0.2, -0.15) is 0 Å². The van der Waals surface area contributed by atoms with E-state index in [9.17, 15) is 9.59 Å². The standard InChI is InChI=1S/C15H16N2O5S/c1-21-10-4-6-11(7-5-10)22-8-2-3-13(18)17-15-16-12(9-23-15)14(19)20/h4-7,9H,2-3,8H2,1H3,(H,19,20)(H,16,17,18). The van der Waals surface area contributed by atoms with E-state index >= 15 is 0 Å². The van der Waals surface area contributed by atoms with Crippen LogP contribution in [0, 0.1) is 0 Å². The molecule has 1 amide bonds. The van der Waals surface area contributed by atoms with Gasteiger partial charge in [0.15, 0.2) is 10.8 Å². The number of thiazole rings is 1. The Morgan fingerprint density at radius 2 is 1.96 bits per heavy atom. The van der Waals surface area contributed by atoms with Gasteiger partial charge in [0.05, 0.1) is 13.7 Å². The molecule has 0 aliphatic carbocycles. The molecule has 0 radical (unpaired) electrons. The summed E-state index contributed by atoms with van der Waals surface area (Å²) in [4.78, 5) is 26.2. The maximum absolute atomic E-state index is 11.7. The molecule has 1 heterocycles. The number of ether oxygens (including phenoxy) is 2. The van der Waals surface area contributed by atoms with Crippen LogP contribution in [0.4, 0.5) is 5.13 Å². The second-order valence-electron chi connectivity index (χ2n) is 4.52. The van der Waals surface area contributed by atoms with Crippen LogP contribution in [0.25, 0.3) is 0 Å². The molecular weight excluding hydrogens is 320 g/mol. The Balaban J connectivity index is 1.68. The molecule has 0 fully saturated rings. The number of hydrogen-bond donors (Lipinski definition) is 2. The summed E-state index contributed by atoms with van der Waals surface area (Å²) in [6, 6.07) is 7.18. The van der Waals surface area contributed by atoms with E-state index in [1.165, 1.54) is 5.38 Å². The van der Waals surface area contributed by atoms with Gasteiger partial charge >= 0.3 is 5.97 Å². The predicted octanol–water partition coefficient (Wildman–Crippen LogP) is 2.65. The highest BCUT2D eigenvalue weighted by molar-refractivity contribution is 7.14. The Morgan fingerprint density at radius 3 is 2.57 bits per heavy atom. The van der Waals surface area contributed by atoms with Crippen LogP contribution in [0.2, 0.25) is 0 Å². The minimum Gasteiger partial charge on any atom is -0.497 e. The highest BCUT2D eigenvalue weighted by Crippen LogP contribution is 2.18. The lowest BCUT2D eigenvalue weighted by atomic mass is 10.3. The van der Waals surface area contributed by atoms with Gasteiger partial charge in [-0.25, -0.2) is 9.78 Å². The first-order valence-corrected chi connectivity index (χ1v) is 7.72. The van der Waals surface area contributed by atoms with E-state index in [2.05, 4.69) is 10.3 Å². The monoisotopic (exact) mass is 336 g/mol. The highest BCUT2D eigenvalue weighted by atomic mass is 32.1. The van der Waals surface area contributed by atoms with Crippen molar-refractivity contribution < 1.29 is 24.2 Å². The van der Waals surface area contributed by atoms with Gasteiger partial charge in [-0.3, -0.25) is 4.79 Å². The summed E-state index contributed by atoms with van der Waals surface area (Å²) in [5, 5.41) is 13.0. The van der Waals surface area contributed by atoms with Crippen LogP contribution in [-0.2, 0) is 4.79 Å². The molecule has 2 rings (SSSR count). The highest BCUT2D eigenvalue weighted by Gasteiger charge is 2.10. The van der Waals surface area contributed by atoms with Crippen LogP contribution in [0.1, 0.15) is 23.3 Å². The number of carboxylic acid groups (broad SMARTS) is 1. The van der Waals surface area contributed by atoms with Crippen molar-refractivity contribution >= 4 is 28.3 Å². The number of carbonyl (C=O) groups is 2. The minimum atomic E-state index is -1.12. The van der Waals surface area contributed by atoms with Gasteiger partial charge in [0.1, 0.15) is 11.5 Å². The van der Waals surface area contributed by atoms with Gasteiger partial charge in [0, 0.05) is 11.8 Å². The first kappa shape index (κ1) is 16.8. The number of methoxy groups -OCH3 is 1. The zero-order valence-electron chi connectivity index (χ0n) is 12.4. The van der Waals surface area contributed by atoms with Crippen molar-refractivity contribution in [2.24, 2.45) is 0 Å². The number of rotatable bonds is 8.